The highest BCUT2D eigenvalue weighted by atomic mass is 16.1. The monoisotopic (exact) mass is 237 g/mol. The van der Waals surface area contributed by atoms with Gasteiger partial charge in [0.05, 0.1) is 5.69 Å². The van der Waals surface area contributed by atoms with E-state index < -0.39 is 0 Å². The van der Waals surface area contributed by atoms with Crippen molar-refractivity contribution in [2.24, 2.45) is 5.92 Å². The first-order valence-electron chi connectivity index (χ1n) is 6.21. The van der Waals surface area contributed by atoms with Gasteiger partial charge < -0.3 is 15.6 Å². The van der Waals surface area contributed by atoms with Gasteiger partial charge in [0.1, 0.15) is 5.69 Å². The lowest BCUT2D eigenvalue weighted by Crippen LogP contribution is -2.30. The van der Waals surface area contributed by atoms with E-state index in [1.54, 1.807) is 6.07 Å². The third kappa shape index (κ3) is 3.51. The normalized spacial score (nSPS) is 12.8. The Balaban J connectivity index is 2.74. The number of carbonyl (C=O) groups excluding carboxylic acids is 1. The van der Waals surface area contributed by atoms with Crippen molar-refractivity contribution >= 4 is 11.6 Å². The molecular formula is C13H23N3O. The second-order valence-corrected chi connectivity index (χ2v) is 4.88. The average molecular weight is 237 g/mol. The molecule has 0 saturated heterocycles. The molecule has 1 heterocycles. The zero-order valence-corrected chi connectivity index (χ0v) is 11.2. The molecule has 0 radical (unpaired) electrons. The summed E-state index contributed by atoms with van der Waals surface area (Å²) in [6.45, 7) is 9.01. The Hall–Kier alpha value is -1.45. The van der Waals surface area contributed by atoms with Crippen LogP contribution in [-0.2, 0) is 0 Å². The first-order valence-corrected chi connectivity index (χ1v) is 6.21. The van der Waals surface area contributed by atoms with Crippen LogP contribution in [0.4, 0.5) is 5.69 Å². The summed E-state index contributed by atoms with van der Waals surface area (Å²) in [5.74, 6) is 0.453. The fraction of sp³-hybridized carbons (Fsp3) is 0.615. The topological polar surface area (TPSA) is 60.1 Å². The van der Waals surface area contributed by atoms with Gasteiger partial charge in [-0.3, -0.25) is 4.79 Å². The van der Waals surface area contributed by atoms with Crippen LogP contribution in [0.15, 0.2) is 12.3 Å². The molecule has 1 rings (SSSR count). The van der Waals surface area contributed by atoms with Crippen LogP contribution in [-0.4, -0.2) is 17.0 Å². The molecule has 4 nitrogen and oxygen atoms in total. The van der Waals surface area contributed by atoms with Gasteiger partial charge in [0, 0.05) is 18.8 Å². The molecule has 0 aliphatic carbocycles. The van der Waals surface area contributed by atoms with Gasteiger partial charge in [-0.2, -0.15) is 0 Å². The molecule has 96 valence electrons. The minimum atomic E-state index is -0.0456. The van der Waals surface area contributed by atoms with Crippen molar-refractivity contribution in [2.75, 3.05) is 12.3 Å². The highest BCUT2D eigenvalue weighted by molar-refractivity contribution is 5.93. The van der Waals surface area contributed by atoms with Crippen LogP contribution in [0, 0.1) is 5.92 Å². The largest absolute Gasteiger partial charge is 0.397 e. The van der Waals surface area contributed by atoms with Gasteiger partial charge in [0.2, 0.25) is 0 Å². The molecular weight excluding hydrogens is 214 g/mol. The van der Waals surface area contributed by atoms with Crippen molar-refractivity contribution in [2.45, 2.75) is 40.2 Å². The van der Waals surface area contributed by atoms with Crippen LogP contribution in [0.25, 0.3) is 0 Å². The van der Waals surface area contributed by atoms with Crippen LogP contribution in [0.5, 0.6) is 0 Å². The maximum absolute atomic E-state index is 12.0. The molecule has 0 saturated carbocycles. The molecule has 1 unspecified atom stereocenters. The van der Waals surface area contributed by atoms with Crippen LogP contribution >= 0.6 is 0 Å². The summed E-state index contributed by atoms with van der Waals surface area (Å²) in [6, 6.07) is 1.96. The molecule has 1 aromatic heterocycles. The van der Waals surface area contributed by atoms with E-state index in [4.69, 9.17) is 5.73 Å². The highest BCUT2D eigenvalue weighted by Crippen LogP contribution is 2.16. The lowest BCUT2D eigenvalue weighted by molar-refractivity contribution is 0.0937. The second-order valence-electron chi connectivity index (χ2n) is 4.88. The molecule has 1 atom stereocenters. The quantitative estimate of drug-likeness (QED) is 0.826. The van der Waals surface area contributed by atoms with E-state index in [1.165, 1.54) is 0 Å². The first kappa shape index (κ1) is 13.6. The Kier molecular flexibility index (Phi) is 4.61. The predicted molar refractivity (Wildman–Crippen MR) is 71.0 cm³/mol. The van der Waals surface area contributed by atoms with Gasteiger partial charge in [-0.1, -0.05) is 20.3 Å². The molecule has 0 aromatic carbocycles. The predicted octanol–water partition coefficient (Wildman–Crippen LogP) is 2.43. The van der Waals surface area contributed by atoms with Gasteiger partial charge in [0.25, 0.3) is 5.91 Å². The standard InChI is InChI=1S/C13H23N3O/c1-5-10(4)7-15-13(17)12-6-11(14)8-16(12)9(2)3/h6,8-10H,5,7,14H2,1-4H3,(H,15,17). The summed E-state index contributed by atoms with van der Waals surface area (Å²) in [7, 11) is 0. The Labute approximate surface area is 103 Å². The van der Waals surface area contributed by atoms with E-state index in [0.717, 1.165) is 6.42 Å². The summed E-state index contributed by atoms with van der Waals surface area (Å²) < 4.78 is 1.90. The third-order valence-corrected chi connectivity index (χ3v) is 2.97. The fourth-order valence-electron chi connectivity index (χ4n) is 1.61. The Morgan fingerprint density at radius 3 is 2.65 bits per heavy atom. The van der Waals surface area contributed by atoms with Gasteiger partial charge in [-0.25, -0.2) is 0 Å². The van der Waals surface area contributed by atoms with Crippen molar-refractivity contribution in [3.8, 4) is 0 Å². The summed E-state index contributed by atoms with van der Waals surface area (Å²) >= 11 is 0. The summed E-state index contributed by atoms with van der Waals surface area (Å²) in [6.07, 6.45) is 2.87. The number of anilines is 1. The molecule has 1 aromatic rings. The summed E-state index contributed by atoms with van der Waals surface area (Å²) in [5.41, 5.74) is 7.01. The zero-order chi connectivity index (χ0) is 13.0. The Morgan fingerprint density at radius 2 is 2.12 bits per heavy atom. The molecule has 0 bridgehead atoms. The zero-order valence-electron chi connectivity index (χ0n) is 11.2. The average Bonchev–Trinajstić information content (AvgIpc) is 2.67. The maximum Gasteiger partial charge on any atom is 0.268 e. The van der Waals surface area contributed by atoms with Gasteiger partial charge in [-0.05, 0) is 25.8 Å². The Bertz CT molecular complexity index is 382. The van der Waals surface area contributed by atoms with E-state index in [2.05, 4.69) is 19.2 Å². The highest BCUT2D eigenvalue weighted by Gasteiger charge is 2.14. The van der Waals surface area contributed by atoms with Crippen molar-refractivity contribution < 1.29 is 4.79 Å². The molecule has 0 aliphatic rings. The molecule has 17 heavy (non-hydrogen) atoms. The van der Waals surface area contributed by atoms with E-state index >= 15 is 0 Å². The molecule has 4 heteroatoms. The molecule has 3 N–H and O–H groups in total. The number of carbonyl (C=O) groups is 1. The lowest BCUT2D eigenvalue weighted by atomic mass is 10.1. The number of aromatic nitrogens is 1. The fourth-order valence-corrected chi connectivity index (χ4v) is 1.61. The van der Waals surface area contributed by atoms with E-state index in [-0.39, 0.29) is 11.9 Å². The van der Waals surface area contributed by atoms with Gasteiger partial charge in [0.15, 0.2) is 0 Å². The smallest absolute Gasteiger partial charge is 0.268 e. The van der Waals surface area contributed by atoms with Crippen molar-refractivity contribution in [3.05, 3.63) is 18.0 Å². The lowest BCUT2D eigenvalue weighted by Gasteiger charge is -2.14. The van der Waals surface area contributed by atoms with Crippen LogP contribution in [0.2, 0.25) is 0 Å². The number of nitrogens with one attached hydrogen (secondary N) is 1. The van der Waals surface area contributed by atoms with Crippen LogP contribution in [0.3, 0.4) is 0 Å². The summed E-state index contributed by atoms with van der Waals surface area (Å²) in [5, 5.41) is 2.94. The van der Waals surface area contributed by atoms with Crippen LogP contribution in [0.1, 0.15) is 50.6 Å². The van der Waals surface area contributed by atoms with Gasteiger partial charge in [-0.15, -0.1) is 0 Å². The number of nitrogen functional groups attached to an aromatic ring is 1. The number of nitrogens with two attached hydrogens (primary N) is 1. The molecule has 1 amide bonds. The van der Waals surface area contributed by atoms with Crippen LogP contribution < -0.4 is 11.1 Å². The van der Waals surface area contributed by atoms with E-state index in [9.17, 15) is 4.79 Å². The van der Waals surface area contributed by atoms with Crippen molar-refractivity contribution in [1.82, 2.24) is 9.88 Å². The van der Waals surface area contributed by atoms with E-state index in [1.807, 2.05) is 24.6 Å². The molecule has 0 spiro atoms. The maximum atomic E-state index is 12.0. The van der Waals surface area contributed by atoms with Crippen molar-refractivity contribution in [3.63, 3.8) is 0 Å². The van der Waals surface area contributed by atoms with Gasteiger partial charge >= 0.3 is 0 Å². The van der Waals surface area contributed by atoms with Crippen molar-refractivity contribution in [1.29, 1.82) is 0 Å². The number of nitrogens with zero attached hydrogens (tertiary/aromatic N) is 1. The number of amides is 1. The number of hydrogen-bond acceptors (Lipinski definition) is 2. The number of hydrogen-bond donors (Lipinski definition) is 2. The summed E-state index contributed by atoms with van der Waals surface area (Å²) in [4.78, 5) is 12.0. The Morgan fingerprint density at radius 1 is 1.47 bits per heavy atom. The number of rotatable bonds is 5. The van der Waals surface area contributed by atoms with E-state index in [0.29, 0.717) is 23.8 Å². The minimum Gasteiger partial charge on any atom is -0.397 e. The minimum absolute atomic E-state index is 0.0456. The third-order valence-electron chi connectivity index (χ3n) is 2.97. The molecule has 0 fully saturated rings. The molecule has 0 aliphatic heterocycles. The second kappa shape index (κ2) is 5.75. The SMILES string of the molecule is CCC(C)CNC(=O)c1cc(N)cn1C(C)C. The first-order chi connectivity index (χ1) is 7.95.